The smallest absolute Gasteiger partial charge is 0.313 e. The van der Waals surface area contributed by atoms with Crippen molar-refractivity contribution in [3.8, 4) is 0 Å². The summed E-state index contributed by atoms with van der Waals surface area (Å²) in [5.74, 6) is 0.502. The third-order valence-corrected chi connectivity index (χ3v) is 3.11. The molecule has 0 saturated heterocycles. The van der Waals surface area contributed by atoms with Crippen LogP contribution in [0.3, 0.4) is 0 Å². The molecule has 0 aliphatic heterocycles. The highest BCUT2D eigenvalue weighted by Crippen LogP contribution is 2.17. The topological polar surface area (TPSA) is 81.7 Å². The number of nitrogen functional groups attached to an aromatic ring is 1. The second kappa shape index (κ2) is 4.45. The highest BCUT2D eigenvalue weighted by Gasteiger charge is 2.09. The van der Waals surface area contributed by atoms with Gasteiger partial charge in [-0.05, 0) is 24.3 Å². The molecule has 0 spiro atoms. The average Bonchev–Trinajstić information content (AvgIpc) is 2.86. The van der Waals surface area contributed by atoms with Gasteiger partial charge >= 0.3 is 5.84 Å². The lowest BCUT2D eigenvalue weighted by Crippen LogP contribution is -2.20. The zero-order valence-corrected chi connectivity index (χ0v) is 11.0. The minimum Gasteiger partial charge on any atom is -0.423 e. The van der Waals surface area contributed by atoms with E-state index >= 15 is 0 Å². The molecule has 6 nitrogen and oxygen atoms in total. The third-order valence-electron chi connectivity index (χ3n) is 3.11. The van der Waals surface area contributed by atoms with Gasteiger partial charge in [0, 0.05) is 0 Å². The molecule has 2 N–H and O–H groups in total. The normalized spacial score (nSPS) is 12.3. The van der Waals surface area contributed by atoms with Crippen LogP contribution >= 0.6 is 0 Å². The number of aromatic nitrogens is 3. The van der Waals surface area contributed by atoms with Gasteiger partial charge in [0.25, 0.3) is 0 Å². The SMILES string of the molecule is Nc1nc(=Nc2ccccc2)n2c(n1)oc1ccccc12. The predicted molar refractivity (Wildman–Crippen MR) is 78.8 cm³/mol. The molecule has 0 radical (unpaired) electrons. The quantitative estimate of drug-likeness (QED) is 0.578. The molecule has 0 amide bonds. The van der Waals surface area contributed by atoms with Crippen LogP contribution < -0.4 is 11.4 Å². The summed E-state index contributed by atoms with van der Waals surface area (Å²) >= 11 is 0. The Morgan fingerprint density at radius 2 is 1.71 bits per heavy atom. The zero-order chi connectivity index (χ0) is 14.2. The fraction of sp³-hybridized carbons (Fsp3) is 0. The molecule has 0 unspecified atom stereocenters. The molecule has 0 fully saturated rings. The van der Waals surface area contributed by atoms with Crippen molar-refractivity contribution in [2.75, 3.05) is 5.73 Å². The van der Waals surface area contributed by atoms with E-state index in [0.29, 0.717) is 17.0 Å². The molecule has 0 bridgehead atoms. The fourth-order valence-corrected chi connectivity index (χ4v) is 2.21. The van der Waals surface area contributed by atoms with Crippen LogP contribution in [-0.2, 0) is 0 Å². The molecule has 4 rings (SSSR count). The summed E-state index contributed by atoms with van der Waals surface area (Å²) in [7, 11) is 0. The number of oxazole rings is 1. The van der Waals surface area contributed by atoms with Crippen LogP contribution in [0.5, 0.6) is 0 Å². The van der Waals surface area contributed by atoms with Gasteiger partial charge < -0.3 is 10.2 Å². The maximum absolute atomic E-state index is 5.74. The van der Waals surface area contributed by atoms with E-state index in [-0.39, 0.29) is 5.95 Å². The van der Waals surface area contributed by atoms with Crippen molar-refractivity contribution in [2.45, 2.75) is 0 Å². The van der Waals surface area contributed by atoms with Crippen molar-refractivity contribution in [1.82, 2.24) is 14.4 Å². The number of para-hydroxylation sites is 3. The van der Waals surface area contributed by atoms with Crippen molar-refractivity contribution in [1.29, 1.82) is 0 Å². The lowest BCUT2D eigenvalue weighted by molar-refractivity contribution is 0.629. The Bertz CT molecular complexity index is 1000. The van der Waals surface area contributed by atoms with E-state index in [0.717, 1.165) is 11.2 Å². The van der Waals surface area contributed by atoms with E-state index in [1.165, 1.54) is 0 Å². The Morgan fingerprint density at radius 3 is 2.57 bits per heavy atom. The Kier molecular flexibility index (Phi) is 2.47. The zero-order valence-electron chi connectivity index (χ0n) is 11.0. The summed E-state index contributed by atoms with van der Waals surface area (Å²) in [5, 5.41) is 0. The standard InChI is InChI=1S/C15H11N5O/c16-13-18-14(17-10-6-2-1-3-7-10)20-11-8-4-5-9-12(11)21-15(20)19-13/h1-9H,(H2,16,17,18). The summed E-state index contributed by atoms with van der Waals surface area (Å²) in [6.45, 7) is 0. The second-order valence-corrected chi connectivity index (χ2v) is 4.52. The van der Waals surface area contributed by atoms with Gasteiger partial charge in [0.1, 0.15) is 0 Å². The molecule has 0 saturated carbocycles. The molecule has 2 aromatic carbocycles. The first-order chi connectivity index (χ1) is 10.3. The lowest BCUT2D eigenvalue weighted by atomic mass is 10.3. The fourth-order valence-electron chi connectivity index (χ4n) is 2.21. The maximum atomic E-state index is 5.74. The number of nitrogens with two attached hydrogens (primary N) is 1. The van der Waals surface area contributed by atoms with E-state index in [1.807, 2.05) is 54.6 Å². The van der Waals surface area contributed by atoms with Crippen LogP contribution in [0.4, 0.5) is 11.6 Å². The molecule has 0 aliphatic rings. The first-order valence-electron chi connectivity index (χ1n) is 6.45. The van der Waals surface area contributed by atoms with Gasteiger partial charge in [-0.1, -0.05) is 30.3 Å². The average molecular weight is 277 g/mol. The molecular weight excluding hydrogens is 266 g/mol. The summed E-state index contributed by atoms with van der Waals surface area (Å²) in [6.07, 6.45) is 0. The first-order valence-corrected chi connectivity index (χ1v) is 6.45. The summed E-state index contributed by atoms with van der Waals surface area (Å²) in [5.41, 5.74) is 8.53. The van der Waals surface area contributed by atoms with E-state index in [1.54, 1.807) is 4.40 Å². The van der Waals surface area contributed by atoms with Gasteiger partial charge in [0.2, 0.25) is 11.6 Å². The van der Waals surface area contributed by atoms with E-state index in [2.05, 4.69) is 15.0 Å². The van der Waals surface area contributed by atoms with E-state index in [9.17, 15) is 0 Å². The largest absolute Gasteiger partial charge is 0.423 e. The Morgan fingerprint density at radius 1 is 0.952 bits per heavy atom. The number of hydrogen-bond donors (Lipinski definition) is 1. The predicted octanol–water partition coefficient (Wildman–Crippen LogP) is 2.29. The summed E-state index contributed by atoms with van der Waals surface area (Å²) in [6, 6.07) is 17.2. The van der Waals surface area contributed by atoms with Gasteiger partial charge in [-0.3, -0.25) is 0 Å². The van der Waals surface area contributed by atoms with Crippen LogP contribution in [0.2, 0.25) is 0 Å². The van der Waals surface area contributed by atoms with Crippen molar-refractivity contribution in [2.24, 2.45) is 4.99 Å². The molecule has 6 heteroatoms. The number of benzene rings is 2. The highest BCUT2D eigenvalue weighted by atomic mass is 16.4. The molecule has 0 atom stereocenters. The number of hydrogen-bond acceptors (Lipinski definition) is 5. The van der Waals surface area contributed by atoms with Gasteiger partial charge in [0.05, 0.1) is 11.2 Å². The van der Waals surface area contributed by atoms with E-state index in [4.69, 9.17) is 10.2 Å². The van der Waals surface area contributed by atoms with Gasteiger partial charge in [0.15, 0.2) is 5.58 Å². The molecule has 4 aromatic rings. The number of rotatable bonds is 1. The van der Waals surface area contributed by atoms with Crippen LogP contribution in [0.15, 0.2) is 64.0 Å². The molecule has 2 aromatic heterocycles. The first kappa shape index (κ1) is 11.7. The van der Waals surface area contributed by atoms with Crippen molar-refractivity contribution in [3.63, 3.8) is 0 Å². The molecule has 102 valence electrons. The third kappa shape index (κ3) is 1.93. The van der Waals surface area contributed by atoms with Gasteiger partial charge in [-0.25, -0.2) is 9.39 Å². The Balaban J connectivity index is 2.15. The number of nitrogens with zero attached hydrogens (tertiary/aromatic N) is 4. The van der Waals surface area contributed by atoms with E-state index < -0.39 is 0 Å². The Labute approximate surface area is 119 Å². The van der Waals surface area contributed by atoms with Gasteiger partial charge in [-0.2, -0.15) is 9.97 Å². The molecule has 0 aliphatic carbocycles. The summed E-state index contributed by atoms with van der Waals surface area (Å²) in [4.78, 5) is 12.9. The molecular formula is C15H11N5O. The maximum Gasteiger partial charge on any atom is 0.313 e. The monoisotopic (exact) mass is 277 g/mol. The van der Waals surface area contributed by atoms with Crippen LogP contribution in [-0.4, -0.2) is 14.4 Å². The van der Waals surface area contributed by atoms with Gasteiger partial charge in [-0.15, -0.1) is 0 Å². The van der Waals surface area contributed by atoms with Crippen molar-refractivity contribution in [3.05, 3.63) is 60.2 Å². The number of anilines is 1. The van der Waals surface area contributed by atoms with Crippen molar-refractivity contribution >= 4 is 28.6 Å². The minimum atomic E-state index is 0.128. The highest BCUT2D eigenvalue weighted by molar-refractivity contribution is 5.76. The molecule has 2 heterocycles. The Hall–Kier alpha value is -3.15. The van der Waals surface area contributed by atoms with Crippen molar-refractivity contribution < 1.29 is 4.42 Å². The summed E-state index contributed by atoms with van der Waals surface area (Å²) < 4.78 is 7.43. The van der Waals surface area contributed by atoms with Crippen LogP contribution in [0.1, 0.15) is 0 Å². The van der Waals surface area contributed by atoms with Crippen LogP contribution in [0.25, 0.3) is 16.9 Å². The second-order valence-electron chi connectivity index (χ2n) is 4.52. The molecule has 21 heavy (non-hydrogen) atoms. The lowest BCUT2D eigenvalue weighted by Gasteiger charge is -1.97. The number of fused-ring (bicyclic) bond motifs is 3. The van der Waals surface area contributed by atoms with Crippen LogP contribution in [0, 0.1) is 0 Å². The minimum absolute atomic E-state index is 0.128.